The molecule has 0 saturated carbocycles. The lowest BCUT2D eigenvalue weighted by atomic mass is 10.1. The number of hydrogen-bond acceptors (Lipinski definition) is 3. The van der Waals surface area contributed by atoms with Gasteiger partial charge >= 0.3 is 0 Å². The van der Waals surface area contributed by atoms with Crippen molar-refractivity contribution in [3.63, 3.8) is 0 Å². The molecule has 0 spiro atoms. The van der Waals surface area contributed by atoms with Gasteiger partial charge in [-0.3, -0.25) is 4.79 Å². The van der Waals surface area contributed by atoms with Gasteiger partial charge in [0.2, 0.25) is 0 Å². The van der Waals surface area contributed by atoms with E-state index in [9.17, 15) is 4.79 Å². The van der Waals surface area contributed by atoms with Gasteiger partial charge in [-0.2, -0.15) is 5.10 Å². The predicted molar refractivity (Wildman–Crippen MR) is 71.2 cm³/mol. The Kier molecular flexibility index (Phi) is 3.27. The zero-order valence-corrected chi connectivity index (χ0v) is 10.1. The zero-order chi connectivity index (χ0) is 13.1. The van der Waals surface area contributed by atoms with Crippen molar-refractivity contribution in [2.24, 2.45) is 16.5 Å². The third-order valence-corrected chi connectivity index (χ3v) is 2.66. The van der Waals surface area contributed by atoms with Crippen molar-refractivity contribution >= 4 is 16.7 Å². The second-order valence-corrected chi connectivity index (χ2v) is 3.85. The number of guanidine groups is 1. The molecule has 18 heavy (non-hydrogen) atoms. The van der Waals surface area contributed by atoms with E-state index in [1.165, 1.54) is 4.68 Å². The molecule has 0 aliphatic heterocycles. The van der Waals surface area contributed by atoms with Crippen LogP contribution >= 0.6 is 0 Å². The maximum Gasteiger partial charge on any atom is 0.274 e. The van der Waals surface area contributed by atoms with Crippen LogP contribution in [0.1, 0.15) is 12.6 Å². The first-order valence-corrected chi connectivity index (χ1v) is 5.67. The summed E-state index contributed by atoms with van der Waals surface area (Å²) >= 11 is 0. The third kappa shape index (κ3) is 2.17. The van der Waals surface area contributed by atoms with Crippen LogP contribution in [0.3, 0.4) is 0 Å². The SMILES string of the molecule is CCn1nc(CN=C(N)N)c2ccccc2c1=O. The lowest BCUT2D eigenvalue weighted by Gasteiger charge is -2.07. The van der Waals surface area contributed by atoms with Crippen LogP contribution in [0.25, 0.3) is 10.8 Å². The van der Waals surface area contributed by atoms with E-state index in [0.717, 1.165) is 5.39 Å². The quantitative estimate of drug-likeness (QED) is 0.595. The number of nitrogens with two attached hydrogens (primary N) is 2. The molecule has 1 aromatic heterocycles. The van der Waals surface area contributed by atoms with Crippen LogP contribution in [0, 0.1) is 0 Å². The van der Waals surface area contributed by atoms with Crippen LogP contribution in [0.5, 0.6) is 0 Å². The van der Waals surface area contributed by atoms with Gasteiger partial charge in [-0.15, -0.1) is 0 Å². The normalized spacial score (nSPS) is 10.5. The van der Waals surface area contributed by atoms with E-state index in [0.29, 0.717) is 17.6 Å². The molecule has 0 aliphatic carbocycles. The number of hydrogen-bond donors (Lipinski definition) is 2. The van der Waals surface area contributed by atoms with Crippen molar-refractivity contribution in [3.05, 3.63) is 40.3 Å². The summed E-state index contributed by atoms with van der Waals surface area (Å²) in [4.78, 5) is 16.0. The first kappa shape index (κ1) is 12.1. The fourth-order valence-electron chi connectivity index (χ4n) is 1.80. The van der Waals surface area contributed by atoms with Crippen LogP contribution in [-0.4, -0.2) is 15.7 Å². The molecule has 6 nitrogen and oxygen atoms in total. The average molecular weight is 245 g/mol. The van der Waals surface area contributed by atoms with Crippen molar-refractivity contribution in [3.8, 4) is 0 Å². The number of aryl methyl sites for hydroxylation is 1. The maximum absolute atomic E-state index is 12.1. The van der Waals surface area contributed by atoms with E-state index in [1.54, 1.807) is 6.07 Å². The monoisotopic (exact) mass is 245 g/mol. The molecule has 0 bridgehead atoms. The Hall–Kier alpha value is -2.37. The van der Waals surface area contributed by atoms with E-state index in [-0.39, 0.29) is 18.1 Å². The summed E-state index contributed by atoms with van der Waals surface area (Å²) in [6, 6.07) is 7.32. The molecule has 4 N–H and O–H groups in total. The van der Waals surface area contributed by atoms with Crippen molar-refractivity contribution in [1.82, 2.24) is 9.78 Å². The van der Waals surface area contributed by atoms with Crippen molar-refractivity contribution < 1.29 is 0 Å². The first-order chi connectivity index (χ1) is 8.63. The molecule has 1 heterocycles. The lowest BCUT2D eigenvalue weighted by molar-refractivity contribution is 0.607. The highest BCUT2D eigenvalue weighted by Gasteiger charge is 2.08. The minimum Gasteiger partial charge on any atom is -0.370 e. The van der Waals surface area contributed by atoms with E-state index in [2.05, 4.69) is 10.1 Å². The molecule has 1 aromatic carbocycles. The molecule has 0 radical (unpaired) electrons. The Balaban J connectivity index is 2.68. The number of aromatic nitrogens is 2. The van der Waals surface area contributed by atoms with E-state index < -0.39 is 0 Å². The Bertz CT molecular complexity index is 655. The molecular formula is C12H15N5O. The van der Waals surface area contributed by atoms with Gasteiger partial charge in [0.05, 0.1) is 17.6 Å². The maximum atomic E-state index is 12.1. The predicted octanol–water partition coefficient (Wildman–Crippen LogP) is 0.190. The first-order valence-electron chi connectivity index (χ1n) is 5.67. The van der Waals surface area contributed by atoms with Crippen LogP contribution in [0.2, 0.25) is 0 Å². The molecule has 6 heteroatoms. The number of fused-ring (bicyclic) bond motifs is 1. The standard InChI is InChI=1S/C12H15N5O/c1-2-17-11(18)9-6-4-3-5-8(9)10(16-17)7-15-12(13)14/h3-6H,2,7H2,1H3,(H4,13,14,15). The van der Waals surface area contributed by atoms with E-state index in [1.807, 2.05) is 25.1 Å². The van der Waals surface area contributed by atoms with Crippen molar-refractivity contribution in [1.29, 1.82) is 0 Å². The molecule has 0 fully saturated rings. The van der Waals surface area contributed by atoms with Crippen LogP contribution < -0.4 is 17.0 Å². The Labute approximate surface area is 104 Å². The molecular weight excluding hydrogens is 230 g/mol. The van der Waals surface area contributed by atoms with Gasteiger partial charge in [-0.1, -0.05) is 18.2 Å². The minimum absolute atomic E-state index is 0.00938. The molecule has 2 aromatic rings. The van der Waals surface area contributed by atoms with Crippen molar-refractivity contribution in [2.45, 2.75) is 20.0 Å². The van der Waals surface area contributed by atoms with Crippen LogP contribution in [-0.2, 0) is 13.1 Å². The van der Waals surface area contributed by atoms with Gasteiger partial charge in [-0.05, 0) is 13.0 Å². The van der Waals surface area contributed by atoms with Gasteiger partial charge < -0.3 is 11.5 Å². The molecule has 94 valence electrons. The summed E-state index contributed by atoms with van der Waals surface area (Å²) in [5, 5.41) is 5.70. The Morgan fingerprint density at radius 2 is 2.00 bits per heavy atom. The smallest absolute Gasteiger partial charge is 0.274 e. The van der Waals surface area contributed by atoms with Crippen LogP contribution in [0.15, 0.2) is 34.1 Å². The summed E-state index contributed by atoms with van der Waals surface area (Å²) in [7, 11) is 0. The fraction of sp³-hybridized carbons (Fsp3) is 0.250. The molecule has 0 atom stereocenters. The topological polar surface area (TPSA) is 99.3 Å². The summed E-state index contributed by atoms with van der Waals surface area (Å²) in [6.45, 7) is 2.65. The Morgan fingerprint density at radius 1 is 1.33 bits per heavy atom. The second kappa shape index (κ2) is 4.87. The third-order valence-electron chi connectivity index (χ3n) is 2.66. The highest BCUT2D eigenvalue weighted by atomic mass is 16.1. The lowest BCUT2D eigenvalue weighted by Crippen LogP contribution is -2.25. The fourth-order valence-corrected chi connectivity index (χ4v) is 1.80. The number of nitrogens with zero attached hydrogens (tertiary/aromatic N) is 3. The molecule has 0 amide bonds. The van der Waals surface area contributed by atoms with Gasteiger partial charge in [0.15, 0.2) is 5.96 Å². The number of aliphatic imine (C=N–C) groups is 1. The van der Waals surface area contributed by atoms with Crippen LogP contribution in [0.4, 0.5) is 0 Å². The van der Waals surface area contributed by atoms with Gasteiger partial charge in [0.25, 0.3) is 5.56 Å². The molecule has 0 aliphatic rings. The summed E-state index contributed by atoms with van der Waals surface area (Å²) in [6.07, 6.45) is 0. The zero-order valence-electron chi connectivity index (χ0n) is 10.1. The van der Waals surface area contributed by atoms with E-state index in [4.69, 9.17) is 11.5 Å². The number of benzene rings is 1. The highest BCUT2D eigenvalue weighted by molar-refractivity contribution is 5.83. The van der Waals surface area contributed by atoms with Gasteiger partial charge in [0.1, 0.15) is 0 Å². The number of rotatable bonds is 3. The highest BCUT2D eigenvalue weighted by Crippen LogP contribution is 2.13. The Morgan fingerprint density at radius 3 is 2.61 bits per heavy atom. The molecule has 0 unspecified atom stereocenters. The van der Waals surface area contributed by atoms with Gasteiger partial charge in [0, 0.05) is 11.9 Å². The van der Waals surface area contributed by atoms with E-state index >= 15 is 0 Å². The second-order valence-electron chi connectivity index (χ2n) is 3.85. The minimum atomic E-state index is -0.0958. The molecule has 2 rings (SSSR count). The summed E-state index contributed by atoms with van der Waals surface area (Å²) in [5.74, 6) is 0.00938. The van der Waals surface area contributed by atoms with Gasteiger partial charge in [-0.25, -0.2) is 9.67 Å². The average Bonchev–Trinajstić information content (AvgIpc) is 2.38. The largest absolute Gasteiger partial charge is 0.370 e. The van der Waals surface area contributed by atoms with Crippen molar-refractivity contribution in [2.75, 3.05) is 0 Å². The summed E-state index contributed by atoms with van der Waals surface area (Å²) in [5.41, 5.74) is 11.2. The molecule has 0 saturated heterocycles. The summed E-state index contributed by atoms with van der Waals surface area (Å²) < 4.78 is 1.42.